The Morgan fingerprint density at radius 3 is 2.60 bits per heavy atom. The number of halogens is 1. The third kappa shape index (κ3) is 2.68. The van der Waals surface area contributed by atoms with Gasteiger partial charge in [0, 0.05) is 17.8 Å². The number of ether oxygens (including phenoxy) is 1. The van der Waals surface area contributed by atoms with Gasteiger partial charge in [-0.15, -0.1) is 18.2 Å². The lowest BCUT2D eigenvalue weighted by Crippen LogP contribution is -2.71. The second-order valence-corrected chi connectivity index (χ2v) is 5.97. The molecule has 20 heavy (non-hydrogen) atoms. The topological polar surface area (TPSA) is 29.5 Å². The molecule has 1 aliphatic rings. The van der Waals surface area contributed by atoms with Crippen LogP contribution in [0.15, 0.2) is 43.0 Å². The van der Waals surface area contributed by atoms with Crippen LogP contribution in [0.1, 0.15) is 13.8 Å². The SMILES string of the molecule is C=CCN1C(=O)[C@@H](Oc2ccccc2)[C@H]1C(C)(C)CCl. The average molecular weight is 294 g/mol. The second kappa shape index (κ2) is 5.88. The lowest BCUT2D eigenvalue weighted by Gasteiger charge is -2.52. The number of rotatable bonds is 6. The maximum atomic E-state index is 12.2. The Kier molecular flexibility index (Phi) is 4.39. The largest absolute Gasteiger partial charge is 0.478 e. The first-order valence-electron chi connectivity index (χ1n) is 6.70. The molecule has 0 spiro atoms. The minimum Gasteiger partial charge on any atom is -0.478 e. The van der Waals surface area contributed by atoms with E-state index in [1.165, 1.54) is 0 Å². The number of hydrogen-bond acceptors (Lipinski definition) is 2. The Morgan fingerprint density at radius 2 is 2.05 bits per heavy atom. The summed E-state index contributed by atoms with van der Waals surface area (Å²) < 4.78 is 5.86. The van der Waals surface area contributed by atoms with Crippen LogP contribution in [0.2, 0.25) is 0 Å². The third-order valence-electron chi connectivity index (χ3n) is 3.63. The first-order valence-corrected chi connectivity index (χ1v) is 7.24. The lowest BCUT2D eigenvalue weighted by atomic mass is 9.76. The van der Waals surface area contributed by atoms with E-state index >= 15 is 0 Å². The monoisotopic (exact) mass is 293 g/mol. The van der Waals surface area contributed by atoms with Crippen LogP contribution in [-0.4, -0.2) is 35.4 Å². The molecule has 0 unspecified atom stereocenters. The van der Waals surface area contributed by atoms with Gasteiger partial charge >= 0.3 is 0 Å². The van der Waals surface area contributed by atoms with Crippen molar-refractivity contribution >= 4 is 17.5 Å². The Hall–Kier alpha value is -1.48. The molecule has 1 fully saturated rings. The van der Waals surface area contributed by atoms with E-state index in [9.17, 15) is 4.79 Å². The molecule has 1 aliphatic heterocycles. The molecule has 108 valence electrons. The molecule has 0 aliphatic carbocycles. The molecule has 3 nitrogen and oxygen atoms in total. The zero-order valence-corrected chi connectivity index (χ0v) is 12.6. The van der Waals surface area contributed by atoms with Crippen molar-refractivity contribution < 1.29 is 9.53 Å². The molecule has 1 aromatic rings. The minimum absolute atomic E-state index is 0.00283. The van der Waals surface area contributed by atoms with Gasteiger partial charge < -0.3 is 9.64 Å². The molecule has 0 bridgehead atoms. The van der Waals surface area contributed by atoms with Crippen LogP contribution < -0.4 is 4.74 Å². The normalized spacial score (nSPS) is 22.4. The zero-order chi connectivity index (χ0) is 14.8. The van der Waals surface area contributed by atoms with Gasteiger partial charge in [-0.2, -0.15) is 0 Å². The molecule has 4 heteroatoms. The Bertz CT molecular complexity index is 487. The smallest absolute Gasteiger partial charge is 0.266 e. The van der Waals surface area contributed by atoms with Gasteiger partial charge in [-0.3, -0.25) is 4.79 Å². The van der Waals surface area contributed by atoms with Crippen LogP contribution in [0.5, 0.6) is 5.75 Å². The number of nitrogens with zero attached hydrogens (tertiary/aromatic N) is 1. The Morgan fingerprint density at radius 1 is 1.40 bits per heavy atom. The van der Waals surface area contributed by atoms with Gasteiger partial charge in [-0.25, -0.2) is 0 Å². The molecule has 0 aromatic heterocycles. The summed E-state index contributed by atoms with van der Waals surface area (Å²) in [5.74, 6) is 1.17. The summed E-state index contributed by atoms with van der Waals surface area (Å²) >= 11 is 6.06. The van der Waals surface area contributed by atoms with Gasteiger partial charge in [0.2, 0.25) is 0 Å². The lowest BCUT2D eigenvalue weighted by molar-refractivity contribution is -0.170. The standard InChI is InChI=1S/C16H20ClNO2/c1-4-10-18-14(16(2,3)11-17)13(15(18)19)20-12-8-6-5-7-9-12/h4-9,13-14H,1,10-11H2,2-3H3/t13-,14-/m0/s1. The van der Waals surface area contributed by atoms with Crippen LogP contribution in [-0.2, 0) is 4.79 Å². The van der Waals surface area contributed by atoms with Crippen molar-refractivity contribution in [1.82, 2.24) is 4.90 Å². The summed E-state index contributed by atoms with van der Waals surface area (Å²) in [4.78, 5) is 14.0. The molecule has 1 heterocycles. The minimum atomic E-state index is -0.467. The highest BCUT2D eigenvalue weighted by Crippen LogP contribution is 2.38. The summed E-state index contributed by atoms with van der Waals surface area (Å²) in [6.45, 7) is 8.33. The number of β-lactam (4-membered cyclic amide) rings is 1. The van der Waals surface area contributed by atoms with Gasteiger partial charge in [0.15, 0.2) is 6.10 Å². The van der Waals surface area contributed by atoms with E-state index in [1.807, 2.05) is 30.3 Å². The van der Waals surface area contributed by atoms with Crippen LogP contribution in [0.4, 0.5) is 0 Å². The summed E-state index contributed by atoms with van der Waals surface area (Å²) in [5.41, 5.74) is -0.210. The Labute approximate surface area is 125 Å². The van der Waals surface area contributed by atoms with E-state index in [0.29, 0.717) is 18.2 Å². The summed E-state index contributed by atoms with van der Waals surface area (Å²) in [7, 11) is 0. The maximum absolute atomic E-state index is 12.2. The fourth-order valence-electron chi connectivity index (χ4n) is 2.53. The van der Waals surface area contributed by atoms with E-state index in [0.717, 1.165) is 0 Å². The number of alkyl halides is 1. The van der Waals surface area contributed by atoms with E-state index in [4.69, 9.17) is 16.3 Å². The first kappa shape index (κ1) is 14.9. The van der Waals surface area contributed by atoms with E-state index in [1.54, 1.807) is 11.0 Å². The van der Waals surface area contributed by atoms with Crippen molar-refractivity contribution in [3.8, 4) is 5.75 Å². The van der Waals surface area contributed by atoms with Crippen molar-refractivity contribution in [3.05, 3.63) is 43.0 Å². The fraction of sp³-hybridized carbons (Fsp3) is 0.438. The third-order valence-corrected chi connectivity index (χ3v) is 4.31. The van der Waals surface area contributed by atoms with E-state index in [-0.39, 0.29) is 17.4 Å². The predicted molar refractivity (Wildman–Crippen MR) is 81.1 cm³/mol. The maximum Gasteiger partial charge on any atom is 0.266 e. The van der Waals surface area contributed by atoms with Crippen LogP contribution in [0, 0.1) is 5.41 Å². The summed E-state index contributed by atoms with van der Waals surface area (Å²) in [6.07, 6.45) is 1.26. The van der Waals surface area contributed by atoms with Gasteiger partial charge in [0.25, 0.3) is 5.91 Å². The van der Waals surface area contributed by atoms with Crippen molar-refractivity contribution in [3.63, 3.8) is 0 Å². The van der Waals surface area contributed by atoms with Crippen molar-refractivity contribution in [2.24, 2.45) is 5.41 Å². The number of likely N-dealkylation sites (tertiary alicyclic amines) is 1. The molecule has 2 atom stereocenters. The second-order valence-electron chi connectivity index (χ2n) is 5.70. The number of benzene rings is 1. The first-order chi connectivity index (χ1) is 9.51. The quantitative estimate of drug-likeness (QED) is 0.458. The van der Waals surface area contributed by atoms with Gasteiger partial charge in [0.05, 0.1) is 6.04 Å². The van der Waals surface area contributed by atoms with Crippen molar-refractivity contribution in [1.29, 1.82) is 0 Å². The molecule has 0 saturated carbocycles. The number of carbonyl (C=O) groups is 1. The molecule has 2 rings (SSSR count). The van der Waals surface area contributed by atoms with E-state index < -0.39 is 6.10 Å². The fourth-order valence-corrected chi connectivity index (χ4v) is 2.69. The molecular formula is C16H20ClNO2. The number of hydrogen-bond donors (Lipinski definition) is 0. The predicted octanol–water partition coefficient (Wildman–Crippen LogP) is 3.10. The van der Waals surface area contributed by atoms with E-state index in [2.05, 4.69) is 20.4 Å². The summed E-state index contributed by atoms with van der Waals surface area (Å²) in [5, 5.41) is 0. The van der Waals surface area contributed by atoms with Gasteiger partial charge in [-0.1, -0.05) is 38.1 Å². The zero-order valence-electron chi connectivity index (χ0n) is 11.9. The molecule has 1 aromatic carbocycles. The molecule has 1 amide bonds. The van der Waals surface area contributed by atoms with Gasteiger partial charge in [0.1, 0.15) is 5.75 Å². The average Bonchev–Trinajstić information content (AvgIpc) is 2.46. The number of para-hydroxylation sites is 1. The molecule has 0 N–H and O–H groups in total. The molecule has 1 saturated heterocycles. The molecule has 0 radical (unpaired) electrons. The van der Waals surface area contributed by atoms with Crippen molar-refractivity contribution in [2.75, 3.05) is 12.4 Å². The van der Waals surface area contributed by atoms with Crippen molar-refractivity contribution in [2.45, 2.75) is 26.0 Å². The highest BCUT2D eigenvalue weighted by Gasteiger charge is 2.55. The van der Waals surface area contributed by atoms with Crippen LogP contribution in [0.25, 0.3) is 0 Å². The highest BCUT2D eigenvalue weighted by atomic mass is 35.5. The Balaban J connectivity index is 2.18. The van der Waals surface area contributed by atoms with Crippen LogP contribution in [0.3, 0.4) is 0 Å². The molecular weight excluding hydrogens is 274 g/mol. The number of carbonyl (C=O) groups excluding carboxylic acids is 1. The van der Waals surface area contributed by atoms with Gasteiger partial charge in [-0.05, 0) is 12.1 Å². The highest BCUT2D eigenvalue weighted by molar-refractivity contribution is 6.18. The number of amides is 1. The van der Waals surface area contributed by atoms with Crippen LogP contribution >= 0.6 is 11.6 Å². The summed E-state index contributed by atoms with van der Waals surface area (Å²) in [6, 6.07) is 9.37.